The average Bonchev–Trinajstić information content (AvgIpc) is 3.12. The van der Waals surface area contributed by atoms with E-state index < -0.39 is 10.0 Å². The summed E-state index contributed by atoms with van der Waals surface area (Å²) in [6.07, 6.45) is 5.49. The molecule has 8 heteroatoms. The van der Waals surface area contributed by atoms with Gasteiger partial charge >= 0.3 is 0 Å². The van der Waals surface area contributed by atoms with Crippen molar-refractivity contribution in [2.45, 2.75) is 57.0 Å². The minimum absolute atomic E-state index is 0.108. The molecule has 0 unspecified atom stereocenters. The third kappa shape index (κ3) is 3.96. The summed E-state index contributed by atoms with van der Waals surface area (Å²) in [4.78, 5) is 19.4. The standard InChI is InChI=1S/C21H28N4O3S/c1-16-6-8-19(9-7-16)29(27,28)25-13-12-24-15-18(22-21(24)17(25)2)14-20(26)23-10-4-3-5-11-23/h6-9,15,17H,3-5,10-14H2,1-2H3/t17-/m1/s1. The largest absolute Gasteiger partial charge is 0.342 e. The third-order valence-electron chi connectivity index (χ3n) is 5.89. The second-order valence-corrected chi connectivity index (χ2v) is 9.90. The molecule has 29 heavy (non-hydrogen) atoms. The Morgan fingerprint density at radius 2 is 1.76 bits per heavy atom. The van der Waals surface area contributed by atoms with E-state index in [1.54, 1.807) is 12.1 Å². The number of sulfonamides is 1. The van der Waals surface area contributed by atoms with E-state index in [1.165, 1.54) is 10.7 Å². The number of benzene rings is 1. The first-order valence-electron chi connectivity index (χ1n) is 10.3. The van der Waals surface area contributed by atoms with Gasteiger partial charge in [-0.25, -0.2) is 13.4 Å². The van der Waals surface area contributed by atoms with Crippen LogP contribution in [0.3, 0.4) is 0 Å². The highest BCUT2D eigenvalue weighted by atomic mass is 32.2. The molecular formula is C21H28N4O3S. The topological polar surface area (TPSA) is 75.5 Å². The molecular weight excluding hydrogens is 388 g/mol. The molecule has 0 aliphatic carbocycles. The molecule has 2 aliphatic rings. The van der Waals surface area contributed by atoms with Crippen LogP contribution in [0.1, 0.15) is 49.3 Å². The SMILES string of the molecule is Cc1ccc(S(=O)(=O)N2CCn3cc(CC(=O)N4CCCCC4)nc3[C@H]2C)cc1. The second-order valence-electron chi connectivity index (χ2n) is 8.01. The molecule has 7 nitrogen and oxygen atoms in total. The first-order chi connectivity index (χ1) is 13.9. The quantitative estimate of drug-likeness (QED) is 0.768. The molecule has 2 aromatic rings. The number of piperidine rings is 1. The van der Waals surface area contributed by atoms with Crippen LogP contribution in [0, 0.1) is 6.92 Å². The number of amides is 1. The van der Waals surface area contributed by atoms with Crippen LogP contribution in [-0.4, -0.2) is 52.7 Å². The highest BCUT2D eigenvalue weighted by Crippen LogP contribution is 2.30. The van der Waals surface area contributed by atoms with Gasteiger partial charge in [0, 0.05) is 32.4 Å². The zero-order valence-corrected chi connectivity index (χ0v) is 17.9. The lowest BCUT2D eigenvalue weighted by Crippen LogP contribution is -2.41. The minimum atomic E-state index is -3.60. The second kappa shape index (κ2) is 7.91. The minimum Gasteiger partial charge on any atom is -0.342 e. The molecule has 1 aromatic carbocycles. The summed E-state index contributed by atoms with van der Waals surface area (Å²) in [6.45, 7) is 6.37. The molecule has 1 amide bonds. The molecule has 1 aromatic heterocycles. The van der Waals surface area contributed by atoms with Gasteiger partial charge < -0.3 is 9.47 Å². The summed E-state index contributed by atoms with van der Waals surface area (Å²) in [5, 5.41) is 0. The van der Waals surface area contributed by atoms with Gasteiger partial charge in [0.15, 0.2) is 0 Å². The molecule has 1 fully saturated rings. The van der Waals surface area contributed by atoms with Crippen LogP contribution in [0.5, 0.6) is 0 Å². The number of likely N-dealkylation sites (tertiary alicyclic amines) is 1. The number of fused-ring (bicyclic) bond motifs is 1. The molecule has 0 N–H and O–H groups in total. The van der Waals surface area contributed by atoms with Gasteiger partial charge in [0.25, 0.3) is 0 Å². The molecule has 1 saturated heterocycles. The van der Waals surface area contributed by atoms with Crippen LogP contribution in [0.25, 0.3) is 0 Å². The van der Waals surface area contributed by atoms with E-state index in [0.717, 1.165) is 37.2 Å². The van der Waals surface area contributed by atoms with Crippen molar-refractivity contribution in [3.8, 4) is 0 Å². The summed E-state index contributed by atoms with van der Waals surface area (Å²) in [5.74, 6) is 0.810. The number of nitrogens with zero attached hydrogens (tertiary/aromatic N) is 4. The van der Waals surface area contributed by atoms with E-state index in [0.29, 0.717) is 23.8 Å². The van der Waals surface area contributed by atoms with E-state index in [1.807, 2.05) is 41.6 Å². The van der Waals surface area contributed by atoms with Gasteiger partial charge in [-0.2, -0.15) is 4.31 Å². The van der Waals surface area contributed by atoms with Crippen molar-refractivity contribution >= 4 is 15.9 Å². The van der Waals surface area contributed by atoms with Crippen molar-refractivity contribution in [1.29, 1.82) is 0 Å². The van der Waals surface area contributed by atoms with Gasteiger partial charge in [-0.05, 0) is 45.2 Å². The van der Waals surface area contributed by atoms with Crippen LogP contribution in [-0.2, 0) is 27.8 Å². The fourth-order valence-corrected chi connectivity index (χ4v) is 5.78. The van der Waals surface area contributed by atoms with E-state index >= 15 is 0 Å². The Hall–Kier alpha value is -2.19. The van der Waals surface area contributed by atoms with Crippen LogP contribution >= 0.6 is 0 Å². The molecule has 4 rings (SSSR count). The predicted molar refractivity (Wildman–Crippen MR) is 110 cm³/mol. The van der Waals surface area contributed by atoms with Crippen molar-refractivity contribution in [2.75, 3.05) is 19.6 Å². The van der Waals surface area contributed by atoms with Gasteiger partial charge in [-0.15, -0.1) is 0 Å². The van der Waals surface area contributed by atoms with E-state index in [2.05, 4.69) is 4.98 Å². The molecule has 156 valence electrons. The third-order valence-corrected chi connectivity index (χ3v) is 7.88. The summed E-state index contributed by atoms with van der Waals surface area (Å²) >= 11 is 0. The number of aryl methyl sites for hydroxylation is 1. The summed E-state index contributed by atoms with van der Waals surface area (Å²) in [5.41, 5.74) is 1.74. The predicted octanol–water partition coefficient (Wildman–Crippen LogP) is 2.51. The van der Waals surface area contributed by atoms with Crippen LogP contribution in [0.4, 0.5) is 0 Å². The number of hydrogen-bond acceptors (Lipinski definition) is 4. The van der Waals surface area contributed by atoms with Crippen molar-refractivity contribution in [2.24, 2.45) is 0 Å². The molecule has 0 saturated carbocycles. The van der Waals surface area contributed by atoms with E-state index in [4.69, 9.17) is 0 Å². The fourth-order valence-electron chi connectivity index (χ4n) is 4.20. The molecule has 2 aliphatic heterocycles. The Bertz CT molecular complexity index is 991. The maximum atomic E-state index is 13.1. The van der Waals surface area contributed by atoms with Crippen LogP contribution in [0.2, 0.25) is 0 Å². The van der Waals surface area contributed by atoms with Crippen LogP contribution < -0.4 is 0 Å². The molecule has 0 radical (unpaired) electrons. The van der Waals surface area contributed by atoms with Crippen molar-refractivity contribution in [3.05, 3.63) is 47.5 Å². The number of rotatable bonds is 4. The Morgan fingerprint density at radius 3 is 2.45 bits per heavy atom. The van der Waals surface area contributed by atoms with Crippen molar-refractivity contribution in [1.82, 2.24) is 18.8 Å². The zero-order valence-electron chi connectivity index (χ0n) is 17.0. The van der Waals surface area contributed by atoms with Crippen LogP contribution in [0.15, 0.2) is 35.4 Å². The zero-order chi connectivity index (χ0) is 20.6. The Kier molecular flexibility index (Phi) is 5.48. The number of carbonyl (C=O) groups excluding carboxylic acids is 1. The van der Waals surface area contributed by atoms with Crippen molar-refractivity contribution < 1.29 is 13.2 Å². The molecule has 0 spiro atoms. The van der Waals surface area contributed by atoms with E-state index in [9.17, 15) is 13.2 Å². The summed E-state index contributed by atoms with van der Waals surface area (Å²) in [6, 6.07) is 6.55. The van der Waals surface area contributed by atoms with Gasteiger partial charge in [-0.3, -0.25) is 4.79 Å². The number of hydrogen-bond donors (Lipinski definition) is 0. The number of carbonyl (C=O) groups is 1. The van der Waals surface area contributed by atoms with Gasteiger partial charge in [0.05, 0.1) is 23.1 Å². The van der Waals surface area contributed by atoms with Gasteiger partial charge in [0.1, 0.15) is 5.82 Å². The van der Waals surface area contributed by atoms with Crippen molar-refractivity contribution in [3.63, 3.8) is 0 Å². The van der Waals surface area contributed by atoms with Gasteiger partial charge in [0.2, 0.25) is 15.9 Å². The average molecular weight is 417 g/mol. The fraction of sp³-hybridized carbons (Fsp3) is 0.524. The highest BCUT2D eigenvalue weighted by Gasteiger charge is 2.35. The number of aromatic nitrogens is 2. The summed E-state index contributed by atoms with van der Waals surface area (Å²) in [7, 11) is -3.60. The molecule has 1 atom stereocenters. The smallest absolute Gasteiger partial charge is 0.243 e. The van der Waals surface area contributed by atoms with Gasteiger partial charge in [-0.1, -0.05) is 17.7 Å². The lowest BCUT2D eigenvalue weighted by molar-refractivity contribution is -0.131. The Labute approximate surface area is 172 Å². The first-order valence-corrected chi connectivity index (χ1v) is 11.7. The maximum absolute atomic E-state index is 13.1. The maximum Gasteiger partial charge on any atom is 0.243 e. The molecule has 0 bridgehead atoms. The highest BCUT2D eigenvalue weighted by molar-refractivity contribution is 7.89. The normalized spacial score (nSPS) is 20.5. The number of imidazole rings is 1. The lowest BCUT2D eigenvalue weighted by Gasteiger charge is -2.32. The summed E-state index contributed by atoms with van der Waals surface area (Å²) < 4.78 is 29.8. The first kappa shape index (κ1) is 20.1. The molecule has 3 heterocycles. The van der Waals surface area contributed by atoms with E-state index in [-0.39, 0.29) is 18.4 Å². The lowest BCUT2D eigenvalue weighted by atomic mass is 10.1. The monoisotopic (exact) mass is 416 g/mol. The Balaban J connectivity index is 1.52. The Morgan fingerprint density at radius 1 is 1.07 bits per heavy atom.